The van der Waals surface area contributed by atoms with Crippen molar-refractivity contribution < 1.29 is 4.79 Å². The SMILES string of the molecule is O=C(c1ccnc(N[C@H]2CCCc3ccccc32)c1)N1CCCCC1. The number of aromatic nitrogens is 1. The van der Waals surface area contributed by atoms with Crippen molar-refractivity contribution in [1.82, 2.24) is 9.88 Å². The van der Waals surface area contributed by atoms with Crippen molar-refractivity contribution >= 4 is 11.7 Å². The molecule has 130 valence electrons. The molecule has 1 aromatic heterocycles. The van der Waals surface area contributed by atoms with Gasteiger partial charge in [0.1, 0.15) is 5.82 Å². The summed E-state index contributed by atoms with van der Waals surface area (Å²) in [6, 6.07) is 12.6. The maximum Gasteiger partial charge on any atom is 0.254 e. The van der Waals surface area contributed by atoms with Crippen molar-refractivity contribution in [2.24, 2.45) is 0 Å². The fourth-order valence-corrected chi connectivity index (χ4v) is 4.00. The second-order valence-corrected chi connectivity index (χ2v) is 7.07. The van der Waals surface area contributed by atoms with E-state index in [1.807, 2.05) is 17.0 Å². The molecule has 0 radical (unpaired) electrons. The van der Waals surface area contributed by atoms with Gasteiger partial charge in [-0.1, -0.05) is 24.3 Å². The number of piperidine rings is 1. The van der Waals surface area contributed by atoms with Gasteiger partial charge in [0, 0.05) is 24.8 Å². The van der Waals surface area contributed by atoms with Crippen LogP contribution in [-0.4, -0.2) is 28.9 Å². The molecule has 1 saturated heterocycles. The van der Waals surface area contributed by atoms with Crippen LogP contribution in [0, 0.1) is 0 Å². The van der Waals surface area contributed by atoms with Crippen molar-refractivity contribution in [3.8, 4) is 0 Å². The van der Waals surface area contributed by atoms with Crippen molar-refractivity contribution in [3.63, 3.8) is 0 Å². The minimum absolute atomic E-state index is 0.134. The maximum atomic E-state index is 12.7. The highest BCUT2D eigenvalue weighted by molar-refractivity contribution is 5.94. The Morgan fingerprint density at radius 3 is 2.80 bits per heavy atom. The summed E-state index contributed by atoms with van der Waals surface area (Å²) in [4.78, 5) is 19.1. The van der Waals surface area contributed by atoms with Gasteiger partial charge in [-0.05, 0) is 61.8 Å². The Morgan fingerprint density at radius 1 is 1.08 bits per heavy atom. The first-order valence-electron chi connectivity index (χ1n) is 9.41. The lowest BCUT2D eigenvalue weighted by atomic mass is 9.88. The number of aryl methyl sites for hydroxylation is 1. The summed E-state index contributed by atoms with van der Waals surface area (Å²) in [7, 11) is 0. The Bertz CT molecular complexity index is 752. The summed E-state index contributed by atoms with van der Waals surface area (Å²) in [6.07, 6.45) is 8.63. The number of carbonyl (C=O) groups is 1. The van der Waals surface area contributed by atoms with E-state index in [0.29, 0.717) is 0 Å². The number of anilines is 1. The highest BCUT2D eigenvalue weighted by Gasteiger charge is 2.21. The second-order valence-electron chi connectivity index (χ2n) is 7.07. The van der Waals surface area contributed by atoms with Gasteiger partial charge in [-0.15, -0.1) is 0 Å². The zero-order valence-electron chi connectivity index (χ0n) is 14.6. The molecule has 1 aromatic carbocycles. The summed E-state index contributed by atoms with van der Waals surface area (Å²) in [5.41, 5.74) is 3.53. The molecule has 1 amide bonds. The zero-order chi connectivity index (χ0) is 17.1. The van der Waals surface area contributed by atoms with E-state index in [-0.39, 0.29) is 11.9 Å². The molecule has 25 heavy (non-hydrogen) atoms. The van der Waals surface area contributed by atoms with Crippen molar-refractivity contribution in [2.45, 2.75) is 44.6 Å². The van der Waals surface area contributed by atoms with Gasteiger partial charge in [0.15, 0.2) is 0 Å². The van der Waals surface area contributed by atoms with Crippen molar-refractivity contribution in [2.75, 3.05) is 18.4 Å². The third kappa shape index (κ3) is 3.53. The number of likely N-dealkylation sites (tertiary alicyclic amines) is 1. The number of benzene rings is 1. The normalized spacial score (nSPS) is 20.0. The van der Waals surface area contributed by atoms with Crippen LogP contribution in [0.15, 0.2) is 42.6 Å². The largest absolute Gasteiger partial charge is 0.363 e. The Balaban J connectivity index is 1.51. The molecule has 2 aliphatic rings. The number of fused-ring (bicyclic) bond motifs is 1. The fraction of sp³-hybridized carbons (Fsp3) is 0.429. The smallest absolute Gasteiger partial charge is 0.254 e. The van der Waals surface area contributed by atoms with Crippen molar-refractivity contribution in [3.05, 3.63) is 59.3 Å². The lowest BCUT2D eigenvalue weighted by Gasteiger charge is -2.28. The first kappa shape index (κ1) is 16.1. The molecule has 2 aromatic rings. The quantitative estimate of drug-likeness (QED) is 0.914. The van der Waals surface area contributed by atoms with Crippen molar-refractivity contribution in [1.29, 1.82) is 0 Å². The van der Waals surface area contributed by atoms with Gasteiger partial charge in [-0.2, -0.15) is 0 Å². The van der Waals surface area contributed by atoms with E-state index < -0.39 is 0 Å². The average molecular weight is 335 g/mol. The molecule has 0 bridgehead atoms. The lowest BCUT2D eigenvalue weighted by molar-refractivity contribution is 0.0724. The summed E-state index contributed by atoms with van der Waals surface area (Å²) in [6.45, 7) is 1.75. The highest BCUT2D eigenvalue weighted by atomic mass is 16.2. The number of amides is 1. The van der Waals surface area contributed by atoms with Gasteiger partial charge < -0.3 is 10.2 Å². The summed E-state index contributed by atoms with van der Waals surface area (Å²) in [5.74, 6) is 0.929. The Morgan fingerprint density at radius 2 is 1.92 bits per heavy atom. The van der Waals surface area contributed by atoms with Crippen LogP contribution in [0.25, 0.3) is 0 Å². The van der Waals surface area contributed by atoms with E-state index in [2.05, 4.69) is 34.6 Å². The monoisotopic (exact) mass is 335 g/mol. The molecule has 0 spiro atoms. The zero-order valence-corrected chi connectivity index (χ0v) is 14.6. The fourth-order valence-electron chi connectivity index (χ4n) is 4.00. The lowest BCUT2D eigenvalue weighted by Crippen LogP contribution is -2.35. The molecule has 0 unspecified atom stereocenters. The van der Waals surface area contributed by atoms with Gasteiger partial charge in [0.2, 0.25) is 0 Å². The highest BCUT2D eigenvalue weighted by Crippen LogP contribution is 2.32. The number of hydrogen-bond donors (Lipinski definition) is 1. The third-order valence-corrected chi connectivity index (χ3v) is 5.34. The molecule has 4 nitrogen and oxygen atoms in total. The molecule has 4 heteroatoms. The van der Waals surface area contributed by atoms with Crippen LogP contribution in [0.5, 0.6) is 0 Å². The first-order chi connectivity index (χ1) is 12.3. The molecule has 1 aliphatic carbocycles. The Labute approximate surface area is 149 Å². The standard InChI is InChI=1S/C21H25N3O/c25-21(24-13-4-1-5-14-24)17-11-12-22-20(15-17)23-19-10-6-8-16-7-2-3-9-18(16)19/h2-3,7,9,11-12,15,19H,1,4-6,8,10,13-14H2,(H,22,23)/t19-/m0/s1. The van der Waals surface area contributed by atoms with Crippen LogP contribution in [0.4, 0.5) is 5.82 Å². The van der Waals surface area contributed by atoms with Crippen LogP contribution in [0.2, 0.25) is 0 Å². The van der Waals surface area contributed by atoms with E-state index in [4.69, 9.17) is 0 Å². The number of pyridine rings is 1. The Kier molecular flexibility index (Phi) is 4.68. The molecular formula is C21H25N3O. The molecule has 1 aliphatic heterocycles. The van der Waals surface area contributed by atoms with E-state index in [9.17, 15) is 4.79 Å². The predicted octanol–water partition coefficient (Wildman–Crippen LogP) is 4.20. The number of rotatable bonds is 3. The second kappa shape index (κ2) is 7.26. The van der Waals surface area contributed by atoms with E-state index in [1.165, 1.54) is 24.0 Å². The third-order valence-electron chi connectivity index (χ3n) is 5.34. The van der Waals surface area contributed by atoms with Crippen LogP contribution >= 0.6 is 0 Å². The van der Waals surface area contributed by atoms with E-state index >= 15 is 0 Å². The van der Waals surface area contributed by atoms with Gasteiger partial charge in [0.05, 0.1) is 6.04 Å². The molecule has 1 fully saturated rings. The number of hydrogen-bond acceptors (Lipinski definition) is 3. The van der Waals surface area contributed by atoms with Crippen LogP contribution in [-0.2, 0) is 6.42 Å². The minimum atomic E-state index is 0.134. The van der Waals surface area contributed by atoms with Gasteiger partial charge in [0.25, 0.3) is 5.91 Å². The van der Waals surface area contributed by atoms with Gasteiger partial charge in [-0.25, -0.2) is 4.98 Å². The number of carbonyl (C=O) groups excluding carboxylic acids is 1. The topological polar surface area (TPSA) is 45.2 Å². The Hall–Kier alpha value is -2.36. The van der Waals surface area contributed by atoms with Gasteiger partial charge in [-0.3, -0.25) is 4.79 Å². The molecular weight excluding hydrogens is 310 g/mol. The molecule has 2 heterocycles. The van der Waals surface area contributed by atoms with Crippen LogP contribution < -0.4 is 5.32 Å². The minimum Gasteiger partial charge on any atom is -0.363 e. The molecule has 1 N–H and O–H groups in total. The molecule has 4 rings (SSSR count). The van der Waals surface area contributed by atoms with E-state index in [0.717, 1.165) is 50.2 Å². The maximum absolute atomic E-state index is 12.7. The van der Waals surface area contributed by atoms with Crippen LogP contribution in [0.3, 0.4) is 0 Å². The first-order valence-corrected chi connectivity index (χ1v) is 9.41. The number of nitrogens with one attached hydrogen (secondary N) is 1. The van der Waals surface area contributed by atoms with E-state index in [1.54, 1.807) is 6.20 Å². The molecule has 1 atom stereocenters. The van der Waals surface area contributed by atoms with Crippen LogP contribution in [0.1, 0.15) is 59.6 Å². The average Bonchev–Trinajstić information content (AvgIpc) is 2.69. The summed E-state index contributed by atoms with van der Waals surface area (Å²) in [5, 5.41) is 3.55. The summed E-state index contributed by atoms with van der Waals surface area (Å²) < 4.78 is 0. The number of nitrogens with zero attached hydrogens (tertiary/aromatic N) is 2. The summed E-state index contributed by atoms with van der Waals surface area (Å²) >= 11 is 0. The van der Waals surface area contributed by atoms with Gasteiger partial charge >= 0.3 is 0 Å². The predicted molar refractivity (Wildman–Crippen MR) is 99.7 cm³/mol. The molecule has 0 saturated carbocycles.